The Hall–Kier alpha value is -2.52. The predicted molar refractivity (Wildman–Crippen MR) is 107 cm³/mol. The van der Waals surface area contributed by atoms with Crippen LogP contribution in [0.4, 0.5) is 5.69 Å². The lowest BCUT2D eigenvalue weighted by molar-refractivity contribution is -0.384. The number of thioether (sulfide) groups is 1. The van der Waals surface area contributed by atoms with E-state index in [9.17, 15) is 14.9 Å². The van der Waals surface area contributed by atoms with Gasteiger partial charge in [-0.15, -0.1) is 10.2 Å². The van der Waals surface area contributed by atoms with E-state index in [-0.39, 0.29) is 17.2 Å². The van der Waals surface area contributed by atoms with Gasteiger partial charge in [0.05, 0.1) is 10.7 Å². The van der Waals surface area contributed by atoms with Crippen molar-refractivity contribution in [2.45, 2.75) is 18.6 Å². The average molecular weight is 447 g/mol. The van der Waals surface area contributed by atoms with Crippen molar-refractivity contribution < 1.29 is 9.72 Å². The van der Waals surface area contributed by atoms with Gasteiger partial charge in [0.15, 0.2) is 16.8 Å². The zero-order valence-electron chi connectivity index (χ0n) is 14.3. The Morgan fingerprint density at radius 1 is 1.22 bits per heavy atom. The first-order chi connectivity index (χ1) is 13.0. The van der Waals surface area contributed by atoms with E-state index in [1.165, 1.54) is 23.9 Å². The third-order valence-electron chi connectivity index (χ3n) is 3.85. The molecule has 0 saturated carbocycles. The molecule has 0 radical (unpaired) electrons. The maximum absolute atomic E-state index is 12.4. The van der Waals surface area contributed by atoms with Crippen LogP contribution in [0.25, 0.3) is 11.4 Å². The highest BCUT2D eigenvalue weighted by molar-refractivity contribution is 9.10. The molecule has 3 rings (SSSR count). The molecule has 0 aliphatic heterocycles. The molecule has 7 nitrogen and oxygen atoms in total. The second kappa shape index (κ2) is 8.45. The summed E-state index contributed by atoms with van der Waals surface area (Å²) in [5.41, 5.74) is 1.24. The lowest BCUT2D eigenvalue weighted by Crippen LogP contribution is -2.05. The highest BCUT2D eigenvalue weighted by Gasteiger charge is 2.17. The van der Waals surface area contributed by atoms with Crippen LogP contribution >= 0.6 is 27.7 Å². The molecule has 27 heavy (non-hydrogen) atoms. The van der Waals surface area contributed by atoms with Gasteiger partial charge in [-0.3, -0.25) is 14.9 Å². The summed E-state index contributed by atoms with van der Waals surface area (Å²) in [7, 11) is 0. The number of halogens is 1. The van der Waals surface area contributed by atoms with Crippen LogP contribution in [0, 0.1) is 10.1 Å². The molecule has 0 spiro atoms. The smallest absolute Gasteiger partial charge is 0.270 e. The maximum Gasteiger partial charge on any atom is 0.270 e. The topological polar surface area (TPSA) is 90.9 Å². The Balaban J connectivity index is 1.80. The summed E-state index contributed by atoms with van der Waals surface area (Å²) in [6.07, 6.45) is 0. The van der Waals surface area contributed by atoms with Gasteiger partial charge in [0.2, 0.25) is 0 Å². The van der Waals surface area contributed by atoms with E-state index < -0.39 is 4.92 Å². The molecule has 1 heterocycles. The largest absolute Gasteiger partial charge is 0.302 e. The molecule has 0 aliphatic rings. The van der Waals surface area contributed by atoms with Crippen LogP contribution in [0.3, 0.4) is 0 Å². The second-order valence-corrected chi connectivity index (χ2v) is 7.43. The number of Topliss-reactive ketones (excluding diaryl/α,β-unsaturated/α-hetero) is 1. The van der Waals surface area contributed by atoms with Gasteiger partial charge in [-0.2, -0.15) is 0 Å². The van der Waals surface area contributed by atoms with Gasteiger partial charge in [-0.25, -0.2) is 0 Å². The van der Waals surface area contributed by atoms with Crippen LogP contribution in [-0.2, 0) is 6.54 Å². The molecule has 0 bridgehead atoms. The molecule has 0 unspecified atom stereocenters. The van der Waals surface area contributed by atoms with Gasteiger partial charge in [0.1, 0.15) is 0 Å². The van der Waals surface area contributed by atoms with Crippen LogP contribution in [0.2, 0.25) is 0 Å². The highest BCUT2D eigenvalue weighted by Crippen LogP contribution is 2.27. The quantitative estimate of drug-likeness (QED) is 0.227. The fourth-order valence-corrected chi connectivity index (χ4v) is 3.66. The molecule has 2 aromatic carbocycles. The summed E-state index contributed by atoms with van der Waals surface area (Å²) in [6, 6.07) is 13.5. The van der Waals surface area contributed by atoms with Crippen molar-refractivity contribution in [3.63, 3.8) is 0 Å². The van der Waals surface area contributed by atoms with Crippen molar-refractivity contribution in [1.82, 2.24) is 14.8 Å². The molecule has 3 aromatic rings. The minimum Gasteiger partial charge on any atom is -0.302 e. The molecule has 0 atom stereocenters. The molecule has 138 valence electrons. The molecule has 0 N–H and O–H groups in total. The number of rotatable bonds is 7. The lowest BCUT2D eigenvalue weighted by atomic mass is 10.2. The third kappa shape index (κ3) is 4.42. The first-order valence-electron chi connectivity index (χ1n) is 8.09. The van der Waals surface area contributed by atoms with Gasteiger partial charge >= 0.3 is 0 Å². The molecular weight excluding hydrogens is 432 g/mol. The van der Waals surface area contributed by atoms with Crippen LogP contribution in [0.5, 0.6) is 0 Å². The number of hydrogen-bond acceptors (Lipinski definition) is 6. The predicted octanol–water partition coefficient (Wildman–Crippen LogP) is 4.61. The number of nitrogens with zero attached hydrogens (tertiary/aromatic N) is 4. The average Bonchev–Trinajstić information content (AvgIpc) is 3.09. The fraction of sp³-hybridized carbons (Fsp3) is 0.167. The van der Waals surface area contributed by atoms with Gasteiger partial charge in [0, 0.05) is 34.3 Å². The number of hydrogen-bond donors (Lipinski definition) is 0. The van der Waals surface area contributed by atoms with E-state index in [2.05, 4.69) is 26.1 Å². The number of nitro groups is 1. The van der Waals surface area contributed by atoms with Gasteiger partial charge in [-0.1, -0.05) is 52.0 Å². The van der Waals surface area contributed by atoms with E-state index in [0.29, 0.717) is 28.7 Å². The second-order valence-electron chi connectivity index (χ2n) is 5.58. The standard InChI is InChI=1S/C18H15BrN4O3S/c1-2-22-17(13-4-3-5-15(10-13)23(25)26)20-21-18(22)27-11-16(24)12-6-8-14(19)9-7-12/h3-10H,2,11H2,1H3. The van der Waals surface area contributed by atoms with E-state index in [0.717, 1.165) is 4.47 Å². The molecule has 0 saturated heterocycles. The summed E-state index contributed by atoms with van der Waals surface area (Å²) in [5, 5.41) is 19.9. The molecular formula is C18H15BrN4O3S. The van der Waals surface area contributed by atoms with Crippen molar-refractivity contribution in [3.05, 3.63) is 68.7 Å². The Bertz CT molecular complexity index is 989. The molecule has 9 heteroatoms. The maximum atomic E-state index is 12.4. The third-order valence-corrected chi connectivity index (χ3v) is 5.34. The molecule has 0 fully saturated rings. The Labute approximate surface area is 168 Å². The van der Waals surface area contributed by atoms with Crippen molar-refractivity contribution in [1.29, 1.82) is 0 Å². The van der Waals surface area contributed by atoms with E-state index in [1.807, 2.05) is 23.6 Å². The number of carbonyl (C=O) groups is 1. The first kappa shape index (κ1) is 19.2. The van der Waals surface area contributed by atoms with Crippen molar-refractivity contribution >= 4 is 39.2 Å². The summed E-state index contributed by atoms with van der Waals surface area (Å²) < 4.78 is 2.76. The number of aromatic nitrogens is 3. The first-order valence-corrected chi connectivity index (χ1v) is 9.87. The number of carbonyl (C=O) groups excluding carboxylic acids is 1. The summed E-state index contributed by atoms with van der Waals surface area (Å²) in [5.74, 6) is 0.768. The van der Waals surface area contributed by atoms with Crippen molar-refractivity contribution in [2.75, 3.05) is 5.75 Å². The van der Waals surface area contributed by atoms with Crippen LogP contribution in [-0.4, -0.2) is 31.2 Å². The SMILES string of the molecule is CCn1c(SCC(=O)c2ccc(Br)cc2)nnc1-c1cccc([N+](=O)[O-])c1. The lowest BCUT2D eigenvalue weighted by Gasteiger charge is -2.07. The van der Waals surface area contributed by atoms with E-state index in [4.69, 9.17) is 0 Å². The van der Waals surface area contributed by atoms with E-state index >= 15 is 0 Å². The van der Waals surface area contributed by atoms with Gasteiger partial charge in [-0.05, 0) is 19.1 Å². The minimum absolute atomic E-state index is 0.00206. The van der Waals surface area contributed by atoms with Crippen LogP contribution in [0.15, 0.2) is 58.2 Å². The zero-order valence-corrected chi connectivity index (χ0v) is 16.7. The fourth-order valence-electron chi connectivity index (χ4n) is 2.50. The Morgan fingerprint density at radius 3 is 2.63 bits per heavy atom. The number of ketones is 1. The van der Waals surface area contributed by atoms with Crippen LogP contribution < -0.4 is 0 Å². The number of benzene rings is 2. The van der Waals surface area contributed by atoms with Crippen molar-refractivity contribution in [3.8, 4) is 11.4 Å². The summed E-state index contributed by atoms with van der Waals surface area (Å²) in [6.45, 7) is 2.52. The number of non-ortho nitro benzene ring substituents is 1. The van der Waals surface area contributed by atoms with Gasteiger partial charge in [0.25, 0.3) is 5.69 Å². The molecule has 0 aliphatic carbocycles. The van der Waals surface area contributed by atoms with Gasteiger partial charge < -0.3 is 4.57 Å². The Morgan fingerprint density at radius 2 is 1.96 bits per heavy atom. The van der Waals surface area contributed by atoms with Crippen LogP contribution in [0.1, 0.15) is 17.3 Å². The minimum atomic E-state index is -0.442. The zero-order chi connectivity index (χ0) is 19.4. The number of nitro benzene ring substituents is 1. The monoisotopic (exact) mass is 446 g/mol. The molecule has 0 amide bonds. The Kier molecular flexibility index (Phi) is 6.02. The highest BCUT2D eigenvalue weighted by atomic mass is 79.9. The summed E-state index contributed by atoms with van der Waals surface area (Å²) >= 11 is 4.65. The van der Waals surface area contributed by atoms with Crippen molar-refractivity contribution in [2.24, 2.45) is 0 Å². The summed E-state index contributed by atoms with van der Waals surface area (Å²) in [4.78, 5) is 22.9. The van der Waals surface area contributed by atoms with E-state index in [1.54, 1.807) is 24.3 Å². The molecule has 1 aromatic heterocycles. The normalized spacial score (nSPS) is 10.7.